The van der Waals surface area contributed by atoms with Crippen LogP contribution >= 0.6 is 0 Å². The number of hydrogen-bond donors (Lipinski definition) is 3. The first kappa shape index (κ1) is 14.4. The van der Waals surface area contributed by atoms with Crippen molar-refractivity contribution in [1.29, 1.82) is 0 Å². The van der Waals surface area contributed by atoms with Crippen LogP contribution in [0.4, 0.5) is 0 Å². The van der Waals surface area contributed by atoms with Crippen molar-refractivity contribution < 1.29 is 14.7 Å². The Morgan fingerprint density at radius 2 is 2.17 bits per heavy atom. The summed E-state index contributed by atoms with van der Waals surface area (Å²) >= 11 is 0. The highest BCUT2D eigenvalue weighted by atomic mass is 16.4. The molecular formula is C13H20N2O3. The number of carboxylic acids is 1. The molecule has 0 heterocycles. The van der Waals surface area contributed by atoms with Gasteiger partial charge in [0.2, 0.25) is 5.91 Å². The second-order valence-electron chi connectivity index (χ2n) is 4.93. The zero-order valence-electron chi connectivity index (χ0n) is 10.7. The minimum atomic E-state index is -1.07. The molecule has 2 unspecified atom stereocenters. The van der Waals surface area contributed by atoms with Crippen molar-refractivity contribution in [3.63, 3.8) is 0 Å². The topological polar surface area (TPSA) is 92.4 Å². The van der Waals surface area contributed by atoms with Crippen LogP contribution in [0.1, 0.15) is 26.7 Å². The molecule has 0 saturated heterocycles. The smallest absolute Gasteiger partial charge is 0.305 e. The molecule has 1 amide bonds. The standard InChI is InChI=1S/C13H20N2O3/c1-9(13(2)6-4-3-5-7-13)15-12(18)10(14)8-11(16)17/h3-6,9-10H,7-8,14H2,1-2H3,(H,15,18)(H,16,17)/t9?,10-,13?/m0/s1. The van der Waals surface area contributed by atoms with Crippen LogP contribution in [0.3, 0.4) is 0 Å². The van der Waals surface area contributed by atoms with Crippen LogP contribution in [0.15, 0.2) is 24.3 Å². The summed E-state index contributed by atoms with van der Waals surface area (Å²) in [5, 5.41) is 11.4. The van der Waals surface area contributed by atoms with Crippen LogP contribution in [0.2, 0.25) is 0 Å². The predicted molar refractivity (Wildman–Crippen MR) is 68.8 cm³/mol. The summed E-state index contributed by atoms with van der Waals surface area (Å²) < 4.78 is 0. The van der Waals surface area contributed by atoms with E-state index in [2.05, 4.69) is 5.32 Å². The summed E-state index contributed by atoms with van der Waals surface area (Å²) in [5.74, 6) is -1.49. The van der Waals surface area contributed by atoms with Gasteiger partial charge in [0.1, 0.15) is 0 Å². The molecule has 100 valence electrons. The van der Waals surface area contributed by atoms with Gasteiger partial charge >= 0.3 is 5.97 Å². The van der Waals surface area contributed by atoms with E-state index in [0.29, 0.717) is 0 Å². The molecule has 1 aliphatic rings. The maximum Gasteiger partial charge on any atom is 0.305 e. The van der Waals surface area contributed by atoms with Gasteiger partial charge in [-0.2, -0.15) is 0 Å². The van der Waals surface area contributed by atoms with E-state index in [0.717, 1.165) is 6.42 Å². The number of aliphatic carboxylic acids is 1. The third-order valence-corrected chi connectivity index (χ3v) is 3.36. The second-order valence-corrected chi connectivity index (χ2v) is 4.93. The van der Waals surface area contributed by atoms with Gasteiger partial charge in [0.15, 0.2) is 0 Å². The molecule has 0 aromatic rings. The number of allylic oxidation sites excluding steroid dienone is 3. The van der Waals surface area contributed by atoms with Gasteiger partial charge in [-0.25, -0.2) is 0 Å². The molecule has 0 spiro atoms. The number of hydrogen-bond acceptors (Lipinski definition) is 3. The molecule has 0 aliphatic heterocycles. The quantitative estimate of drug-likeness (QED) is 0.675. The Labute approximate surface area is 107 Å². The van der Waals surface area contributed by atoms with Crippen molar-refractivity contribution >= 4 is 11.9 Å². The first-order valence-electron chi connectivity index (χ1n) is 5.97. The minimum absolute atomic E-state index is 0.106. The maximum absolute atomic E-state index is 11.7. The van der Waals surface area contributed by atoms with E-state index in [9.17, 15) is 9.59 Å². The van der Waals surface area contributed by atoms with Crippen LogP contribution in [-0.4, -0.2) is 29.1 Å². The van der Waals surface area contributed by atoms with Crippen molar-refractivity contribution in [3.05, 3.63) is 24.3 Å². The van der Waals surface area contributed by atoms with E-state index in [1.807, 2.05) is 38.2 Å². The first-order chi connectivity index (χ1) is 8.35. The zero-order chi connectivity index (χ0) is 13.8. The van der Waals surface area contributed by atoms with Gasteiger partial charge in [0.25, 0.3) is 0 Å². The highest BCUT2D eigenvalue weighted by Gasteiger charge is 2.30. The van der Waals surface area contributed by atoms with E-state index in [1.165, 1.54) is 0 Å². The van der Waals surface area contributed by atoms with Crippen molar-refractivity contribution in [3.8, 4) is 0 Å². The van der Waals surface area contributed by atoms with Crippen molar-refractivity contribution in [1.82, 2.24) is 5.32 Å². The Kier molecular flexibility index (Phi) is 4.67. The summed E-state index contributed by atoms with van der Waals surface area (Å²) in [6.07, 6.45) is 8.47. The fourth-order valence-electron chi connectivity index (χ4n) is 1.83. The third-order valence-electron chi connectivity index (χ3n) is 3.36. The summed E-state index contributed by atoms with van der Waals surface area (Å²) in [6.45, 7) is 3.94. The van der Waals surface area contributed by atoms with Crippen LogP contribution in [0.5, 0.6) is 0 Å². The fraction of sp³-hybridized carbons (Fsp3) is 0.538. The highest BCUT2D eigenvalue weighted by molar-refractivity contribution is 5.86. The zero-order valence-corrected chi connectivity index (χ0v) is 10.7. The number of carbonyl (C=O) groups is 2. The lowest BCUT2D eigenvalue weighted by Crippen LogP contribution is -2.50. The van der Waals surface area contributed by atoms with Gasteiger partial charge in [0.05, 0.1) is 12.5 Å². The van der Waals surface area contributed by atoms with Gasteiger partial charge in [-0.1, -0.05) is 31.2 Å². The van der Waals surface area contributed by atoms with E-state index < -0.39 is 17.9 Å². The van der Waals surface area contributed by atoms with E-state index in [4.69, 9.17) is 10.8 Å². The number of carboxylic acid groups (broad SMARTS) is 1. The first-order valence-corrected chi connectivity index (χ1v) is 5.97. The molecule has 4 N–H and O–H groups in total. The Hall–Kier alpha value is -1.62. The summed E-state index contributed by atoms with van der Waals surface area (Å²) in [6, 6.07) is -1.11. The Balaban J connectivity index is 2.56. The molecule has 18 heavy (non-hydrogen) atoms. The Bertz CT molecular complexity index is 390. The Morgan fingerprint density at radius 1 is 1.50 bits per heavy atom. The van der Waals surface area contributed by atoms with Gasteiger partial charge in [0, 0.05) is 11.5 Å². The monoisotopic (exact) mass is 252 g/mol. The number of carbonyl (C=O) groups excluding carboxylic acids is 1. The van der Waals surface area contributed by atoms with E-state index >= 15 is 0 Å². The van der Waals surface area contributed by atoms with Crippen LogP contribution < -0.4 is 11.1 Å². The molecule has 1 aliphatic carbocycles. The lowest BCUT2D eigenvalue weighted by molar-refractivity contribution is -0.139. The normalized spacial score (nSPS) is 25.5. The molecule has 0 aromatic heterocycles. The predicted octanol–water partition coefficient (Wildman–Crippen LogP) is 0.815. The second kappa shape index (κ2) is 5.82. The molecule has 3 atom stereocenters. The molecule has 0 fully saturated rings. The van der Waals surface area contributed by atoms with Crippen molar-refractivity contribution in [2.24, 2.45) is 11.1 Å². The average molecular weight is 252 g/mol. The summed E-state index contributed by atoms with van der Waals surface area (Å²) in [5.41, 5.74) is 5.35. The molecular weight excluding hydrogens is 232 g/mol. The van der Waals surface area contributed by atoms with E-state index in [1.54, 1.807) is 0 Å². The molecule has 0 bridgehead atoms. The molecule has 0 radical (unpaired) electrons. The molecule has 5 heteroatoms. The molecule has 0 saturated carbocycles. The number of rotatable bonds is 5. The number of amides is 1. The summed E-state index contributed by atoms with van der Waals surface area (Å²) in [7, 11) is 0. The lowest BCUT2D eigenvalue weighted by Gasteiger charge is -2.34. The van der Waals surface area contributed by atoms with Gasteiger partial charge < -0.3 is 16.2 Å². The highest BCUT2D eigenvalue weighted by Crippen LogP contribution is 2.30. The van der Waals surface area contributed by atoms with E-state index in [-0.39, 0.29) is 17.9 Å². The lowest BCUT2D eigenvalue weighted by atomic mass is 9.77. The molecule has 0 aromatic carbocycles. The number of nitrogens with one attached hydrogen (secondary N) is 1. The van der Waals surface area contributed by atoms with Crippen LogP contribution in [-0.2, 0) is 9.59 Å². The van der Waals surface area contributed by atoms with Crippen molar-refractivity contribution in [2.45, 2.75) is 38.8 Å². The maximum atomic E-state index is 11.7. The van der Waals surface area contributed by atoms with Crippen LogP contribution in [0, 0.1) is 5.41 Å². The van der Waals surface area contributed by atoms with Crippen molar-refractivity contribution in [2.75, 3.05) is 0 Å². The molecule has 1 rings (SSSR count). The van der Waals surface area contributed by atoms with Gasteiger partial charge in [-0.3, -0.25) is 9.59 Å². The Morgan fingerprint density at radius 3 is 2.67 bits per heavy atom. The number of nitrogens with two attached hydrogens (primary N) is 1. The van der Waals surface area contributed by atoms with Crippen LogP contribution in [0.25, 0.3) is 0 Å². The van der Waals surface area contributed by atoms with Gasteiger partial charge in [-0.15, -0.1) is 0 Å². The minimum Gasteiger partial charge on any atom is -0.481 e. The average Bonchev–Trinajstić information content (AvgIpc) is 2.28. The third kappa shape index (κ3) is 3.70. The summed E-state index contributed by atoms with van der Waals surface area (Å²) in [4.78, 5) is 22.2. The fourth-order valence-corrected chi connectivity index (χ4v) is 1.83. The largest absolute Gasteiger partial charge is 0.481 e. The molecule has 5 nitrogen and oxygen atoms in total. The van der Waals surface area contributed by atoms with Gasteiger partial charge in [-0.05, 0) is 13.3 Å². The SMILES string of the molecule is CC(NC(=O)[C@@H](N)CC(=O)O)C1(C)C=CC=CC1.